The van der Waals surface area contributed by atoms with Gasteiger partial charge >= 0.3 is 5.97 Å². The van der Waals surface area contributed by atoms with Crippen molar-refractivity contribution in [2.24, 2.45) is 0 Å². The molecule has 1 heterocycles. The molecule has 0 saturated carbocycles. The SMILES string of the molecule is CCN(C(=O)COC(=O)c1cc(Br)c[nH]1)C1=CCCC1. The topological polar surface area (TPSA) is 62.4 Å². The Labute approximate surface area is 126 Å². The number of ether oxygens (including phenoxy) is 1. The number of carbonyl (C=O) groups excluding carboxylic acids is 2. The molecule has 1 N–H and O–H groups in total. The third-order valence-electron chi connectivity index (χ3n) is 3.18. The van der Waals surface area contributed by atoms with Crippen LogP contribution in [0.15, 0.2) is 28.5 Å². The molecule has 0 spiro atoms. The van der Waals surface area contributed by atoms with Gasteiger partial charge in [0.2, 0.25) is 0 Å². The fraction of sp³-hybridized carbons (Fsp3) is 0.429. The molecule has 2 rings (SSSR count). The van der Waals surface area contributed by atoms with E-state index in [1.165, 1.54) is 0 Å². The molecule has 0 aliphatic heterocycles. The molecule has 1 aliphatic carbocycles. The van der Waals surface area contributed by atoms with Crippen molar-refractivity contribution in [1.82, 2.24) is 9.88 Å². The Hall–Kier alpha value is -1.56. The lowest BCUT2D eigenvalue weighted by Gasteiger charge is -2.21. The summed E-state index contributed by atoms with van der Waals surface area (Å²) in [5.41, 5.74) is 1.36. The summed E-state index contributed by atoms with van der Waals surface area (Å²) >= 11 is 3.24. The number of nitrogens with zero attached hydrogens (tertiary/aromatic N) is 1. The van der Waals surface area contributed by atoms with Crippen molar-refractivity contribution in [2.75, 3.05) is 13.2 Å². The summed E-state index contributed by atoms with van der Waals surface area (Å²) in [6, 6.07) is 1.61. The van der Waals surface area contributed by atoms with Crippen LogP contribution in [0.2, 0.25) is 0 Å². The number of rotatable bonds is 5. The van der Waals surface area contributed by atoms with Gasteiger partial charge in [0.1, 0.15) is 5.69 Å². The zero-order valence-electron chi connectivity index (χ0n) is 11.3. The summed E-state index contributed by atoms with van der Waals surface area (Å²) < 4.78 is 5.80. The largest absolute Gasteiger partial charge is 0.451 e. The molecule has 1 aromatic rings. The van der Waals surface area contributed by atoms with Crippen molar-refractivity contribution in [3.8, 4) is 0 Å². The standard InChI is InChI=1S/C14H17BrN2O3/c1-2-17(11-5-3-4-6-11)13(18)9-20-14(19)12-7-10(15)8-16-12/h5,7-8,16H,2-4,6,9H2,1H3. The molecule has 1 aliphatic rings. The Morgan fingerprint density at radius 3 is 2.85 bits per heavy atom. The van der Waals surface area contributed by atoms with Gasteiger partial charge in [-0.2, -0.15) is 0 Å². The lowest BCUT2D eigenvalue weighted by atomic mass is 10.3. The summed E-state index contributed by atoms with van der Waals surface area (Å²) in [4.78, 5) is 28.3. The highest BCUT2D eigenvalue weighted by atomic mass is 79.9. The van der Waals surface area contributed by atoms with Crippen LogP contribution in [-0.2, 0) is 9.53 Å². The zero-order chi connectivity index (χ0) is 14.5. The fourth-order valence-electron chi connectivity index (χ4n) is 2.21. The normalized spacial score (nSPS) is 14.0. The summed E-state index contributed by atoms with van der Waals surface area (Å²) in [5.74, 6) is -0.708. The van der Waals surface area contributed by atoms with Crippen LogP contribution in [0.3, 0.4) is 0 Å². The Morgan fingerprint density at radius 1 is 1.50 bits per heavy atom. The van der Waals surface area contributed by atoms with Crippen LogP contribution in [0.1, 0.15) is 36.7 Å². The van der Waals surface area contributed by atoms with Crippen LogP contribution in [0.5, 0.6) is 0 Å². The van der Waals surface area contributed by atoms with Crippen molar-refractivity contribution in [3.05, 3.63) is 34.2 Å². The minimum Gasteiger partial charge on any atom is -0.451 e. The predicted molar refractivity (Wildman–Crippen MR) is 78.1 cm³/mol. The second-order valence-corrected chi connectivity index (χ2v) is 5.45. The molecule has 0 unspecified atom stereocenters. The van der Waals surface area contributed by atoms with E-state index in [1.54, 1.807) is 17.2 Å². The molecule has 20 heavy (non-hydrogen) atoms. The molecule has 0 saturated heterocycles. The van der Waals surface area contributed by atoms with Gasteiger partial charge in [0.15, 0.2) is 6.61 Å². The quantitative estimate of drug-likeness (QED) is 0.838. The molecule has 0 fully saturated rings. The van der Waals surface area contributed by atoms with Crippen molar-refractivity contribution in [1.29, 1.82) is 0 Å². The van der Waals surface area contributed by atoms with Gasteiger partial charge in [-0.25, -0.2) is 4.79 Å². The molecule has 5 nitrogen and oxygen atoms in total. The van der Waals surface area contributed by atoms with Gasteiger partial charge in [0, 0.05) is 22.9 Å². The molecule has 6 heteroatoms. The first-order valence-electron chi connectivity index (χ1n) is 6.62. The lowest BCUT2D eigenvalue weighted by Crippen LogP contribution is -2.33. The third kappa shape index (κ3) is 3.50. The lowest BCUT2D eigenvalue weighted by molar-refractivity contribution is -0.132. The first-order chi connectivity index (χ1) is 9.61. The van der Waals surface area contributed by atoms with Gasteiger partial charge in [-0.1, -0.05) is 6.08 Å². The van der Waals surface area contributed by atoms with Crippen LogP contribution in [0, 0.1) is 0 Å². The van der Waals surface area contributed by atoms with Crippen LogP contribution >= 0.6 is 15.9 Å². The van der Waals surface area contributed by atoms with Gasteiger partial charge in [0.25, 0.3) is 5.91 Å². The number of carbonyl (C=O) groups is 2. The Balaban J connectivity index is 1.89. The molecule has 0 radical (unpaired) electrons. The smallest absolute Gasteiger partial charge is 0.355 e. The van der Waals surface area contributed by atoms with Crippen LogP contribution in [-0.4, -0.2) is 34.9 Å². The number of likely N-dealkylation sites (N-methyl/N-ethyl adjacent to an activating group) is 1. The average molecular weight is 341 g/mol. The minimum atomic E-state index is -0.527. The molecule has 1 aromatic heterocycles. The number of nitrogens with one attached hydrogen (secondary N) is 1. The van der Waals surface area contributed by atoms with E-state index in [0.717, 1.165) is 29.4 Å². The zero-order valence-corrected chi connectivity index (χ0v) is 12.9. The van der Waals surface area contributed by atoms with Gasteiger partial charge in [-0.3, -0.25) is 4.79 Å². The second kappa shape index (κ2) is 6.74. The third-order valence-corrected chi connectivity index (χ3v) is 3.63. The van der Waals surface area contributed by atoms with E-state index in [4.69, 9.17) is 4.74 Å². The van der Waals surface area contributed by atoms with Gasteiger partial charge in [0.05, 0.1) is 0 Å². The highest BCUT2D eigenvalue weighted by molar-refractivity contribution is 9.10. The Morgan fingerprint density at radius 2 is 2.30 bits per heavy atom. The van der Waals surface area contributed by atoms with Crippen LogP contribution in [0.25, 0.3) is 0 Å². The number of aromatic nitrogens is 1. The van der Waals surface area contributed by atoms with E-state index in [2.05, 4.69) is 27.0 Å². The first kappa shape index (κ1) is 14.8. The van der Waals surface area contributed by atoms with Crippen LogP contribution in [0.4, 0.5) is 0 Å². The maximum atomic E-state index is 12.1. The Kier molecular flexibility index (Phi) is 5.00. The monoisotopic (exact) mass is 340 g/mol. The first-order valence-corrected chi connectivity index (χ1v) is 7.41. The number of allylic oxidation sites excluding steroid dienone is 2. The molecule has 0 atom stereocenters. The molecule has 0 aromatic carbocycles. The van der Waals surface area contributed by atoms with Crippen molar-refractivity contribution in [3.63, 3.8) is 0 Å². The minimum absolute atomic E-state index is 0.181. The number of esters is 1. The van der Waals surface area contributed by atoms with E-state index in [9.17, 15) is 9.59 Å². The summed E-state index contributed by atoms with van der Waals surface area (Å²) in [6.07, 6.45) is 6.72. The molecular formula is C14H17BrN2O3. The van der Waals surface area contributed by atoms with E-state index >= 15 is 0 Å². The highest BCUT2D eigenvalue weighted by Gasteiger charge is 2.20. The number of hydrogen-bond acceptors (Lipinski definition) is 3. The maximum Gasteiger partial charge on any atom is 0.355 e. The van der Waals surface area contributed by atoms with E-state index in [0.29, 0.717) is 12.2 Å². The molecule has 108 valence electrons. The number of aromatic amines is 1. The maximum absolute atomic E-state index is 12.1. The number of hydrogen-bond donors (Lipinski definition) is 1. The summed E-state index contributed by atoms with van der Waals surface area (Å²) in [5, 5.41) is 0. The van der Waals surface area contributed by atoms with Gasteiger partial charge in [-0.15, -0.1) is 0 Å². The van der Waals surface area contributed by atoms with Crippen LogP contribution < -0.4 is 0 Å². The van der Waals surface area contributed by atoms with Crippen molar-refractivity contribution in [2.45, 2.75) is 26.2 Å². The van der Waals surface area contributed by atoms with Crippen molar-refractivity contribution < 1.29 is 14.3 Å². The van der Waals surface area contributed by atoms with E-state index in [1.807, 2.05) is 6.92 Å². The molecule has 0 bridgehead atoms. The number of halogens is 1. The molecule has 1 amide bonds. The van der Waals surface area contributed by atoms with E-state index in [-0.39, 0.29) is 12.5 Å². The van der Waals surface area contributed by atoms with Gasteiger partial charge in [-0.05, 0) is 48.2 Å². The number of amides is 1. The predicted octanol–water partition coefficient (Wildman–Crippen LogP) is 2.85. The van der Waals surface area contributed by atoms with Crippen molar-refractivity contribution >= 4 is 27.8 Å². The number of H-pyrrole nitrogens is 1. The average Bonchev–Trinajstić information content (AvgIpc) is 3.08. The van der Waals surface area contributed by atoms with E-state index < -0.39 is 5.97 Å². The fourth-order valence-corrected chi connectivity index (χ4v) is 2.55. The second-order valence-electron chi connectivity index (χ2n) is 4.53. The summed E-state index contributed by atoms with van der Waals surface area (Å²) in [6.45, 7) is 2.28. The van der Waals surface area contributed by atoms with Gasteiger partial charge < -0.3 is 14.6 Å². The summed E-state index contributed by atoms with van der Waals surface area (Å²) in [7, 11) is 0. The Bertz CT molecular complexity index is 536. The molecular weight excluding hydrogens is 324 g/mol. The highest BCUT2D eigenvalue weighted by Crippen LogP contribution is 2.21.